The average molecular weight is 313 g/mol. The average Bonchev–Trinajstić information content (AvgIpc) is 2.72. The van der Waals surface area contributed by atoms with Crippen LogP contribution in [-0.2, 0) is 10.2 Å². The molecule has 1 fully saturated rings. The number of hydrogen-bond donors (Lipinski definition) is 2. The molecule has 0 radical (unpaired) electrons. The lowest BCUT2D eigenvalue weighted by molar-refractivity contribution is 0.297. The van der Waals surface area contributed by atoms with Crippen LogP contribution in [0, 0.1) is 0 Å². The molecule has 2 N–H and O–H groups in total. The number of nitrogens with zero attached hydrogens (tertiary/aromatic N) is 1. The first-order valence-corrected chi connectivity index (χ1v) is 8.47. The van der Waals surface area contributed by atoms with Crippen molar-refractivity contribution < 1.29 is 17.9 Å². The van der Waals surface area contributed by atoms with Gasteiger partial charge in [-0.05, 0) is 12.1 Å². The van der Waals surface area contributed by atoms with Crippen molar-refractivity contribution in [1.82, 2.24) is 9.62 Å². The Morgan fingerprint density at radius 1 is 1.10 bits per heavy atom. The van der Waals surface area contributed by atoms with Crippen molar-refractivity contribution in [3.05, 3.63) is 18.2 Å². The summed E-state index contributed by atoms with van der Waals surface area (Å²) in [5.41, 5.74) is 0.484. The van der Waals surface area contributed by atoms with Crippen LogP contribution in [-0.4, -0.2) is 52.1 Å². The topological polar surface area (TPSA) is 79.9 Å². The van der Waals surface area contributed by atoms with E-state index in [0.717, 1.165) is 6.42 Å². The lowest BCUT2D eigenvalue weighted by Crippen LogP contribution is -2.48. The van der Waals surface area contributed by atoms with Crippen LogP contribution in [0.1, 0.15) is 6.42 Å². The standard InChI is InChI=1S/C13H19N3O4S/c17-21(18,16-6-4-14-5-7-16)15-11-2-3-12-13(10-11)20-9-1-8-19-12/h2-3,10,14-15H,1,4-9H2. The molecule has 0 atom stereocenters. The van der Waals surface area contributed by atoms with Crippen molar-refractivity contribution in [3.63, 3.8) is 0 Å². The second-order valence-electron chi connectivity index (χ2n) is 4.97. The van der Waals surface area contributed by atoms with E-state index in [1.165, 1.54) is 4.31 Å². The van der Waals surface area contributed by atoms with Crippen LogP contribution in [0.5, 0.6) is 11.5 Å². The predicted octanol–water partition coefficient (Wildman–Crippen LogP) is 0.410. The van der Waals surface area contributed by atoms with E-state index >= 15 is 0 Å². The third kappa shape index (κ3) is 3.39. The summed E-state index contributed by atoms with van der Waals surface area (Å²) >= 11 is 0. The van der Waals surface area contributed by atoms with Crippen molar-refractivity contribution in [1.29, 1.82) is 0 Å². The minimum Gasteiger partial charge on any atom is -0.490 e. The Morgan fingerprint density at radius 2 is 1.81 bits per heavy atom. The molecule has 0 unspecified atom stereocenters. The maximum atomic E-state index is 12.3. The zero-order valence-electron chi connectivity index (χ0n) is 11.7. The number of hydrogen-bond acceptors (Lipinski definition) is 5. The fourth-order valence-electron chi connectivity index (χ4n) is 2.32. The third-order valence-corrected chi connectivity index (χ3v) is 4.95. The molecule has 1 aromatic carbocycles. The van der Waals surface area contributed by atoms with Gasteiger partial charge in [-0.2, -0.15) is 12.7 Å². The molecule has 1 saturated heterocycles. The van der Waals surface area contributed by atoms with Gasteiger partial charge in [-0.15, -0.1) is 0 Å². The fourth-order valence-corrected chi connectivity index (χ4v) is 3.54. The van der Waals surface area contributed by atoms with Gasteiger partial charge in [-0.3, -0.25) is 4.72 Å². The fraction of sp³-hybridized carbons (Fsp3) is 0.538. The van der Waals surface area contributed by atoms with E-state index in [1.54, 1.807) is 18.2 Å². The molecule has 0 aromatic heterocycles. The number of piperazine rings is 1. The molecule has 2 aliphatic rings. The summed E-state index contributed by atoms with van der Waals surface area (Å²) in [4.78, 5) is 0. The van der Waals surface area contributed by atoms with Gasteiger partial charge < -0.3 is 14.8 Å². The second kappa shape index (κ2) is 6.08. The summed E-state index contributed by atoms with van der Waals surface area (Å²) in [6.07, 6.45) is 0.816. The van der Waals surface area contributed by atoms with E-state index in [9.17, 15) is 8.42 Å². The van der Waals surface area contributed by atoms with Gasteiger partial charge in [-0.1, -0.05) is 0 Å². The van der Waals surface area contributed by atoms with Crippen LogP contribution in [0.15, 0.2) is 18.2 Å². The van der Waals surface area contributed by atoms with Crippen molar-refractivity contribution in [2.24, 2.45) is 0 Å². The van der Waals surface area contributed by atoms with E-state index < -0.39 is 10.2 Å². The van der Waals surface area contributed by atoms with Crippen molar-refractivity contribution in [3.8, 4) is 11.5 Å². The largest absolute Gasteiger partial charge is 0.490 e. The maximum Gasteiger partial charge on any atom is 0.301 e. The normalized spacial score (nSPS) is 19.8. The lowest BCUT2D eigenvalue weighted by Gasteiger charge is -2.27. The van der Waals surface area contributed by atoms with Gasteiger partial charge in [0.05, 0.1) is 18.9 Å². The van der Waals surface area contributed by atoms with Gasteiger partial charge in [0.2, 0.25) is 0 Å². The van der Waals surface area contributed by atoms with E-state index in [-0.39, 0.29) is 0 Å². The SMILES string of the molecule is O=S(=O)(Nc1ccc2c(c1)OCCCO2)N1CCNCC1. The maximum absolute atomic E-state index is 12.3. The molecule has 0 amide bonds. The summed E-state index contributed by atoms with van der Waals surface area (Å²) in [6.45, 7) is 3.46. The summed E-state index contributed by atoms with van der Waals surface area (Å²) in [5.74, 6) is 1.23. The second-order valence-corrected chi connectivity index (χ2v) is 6.64. The molecule has 116 valence electrons. The Balaban J connectivity index is 1.76. The minimum atomic E-state index is -3.53. The van der Waals surface area contributed by atoms with E-state index in [4.69, 9.17) is 9.47 Å². The Bertz CT molecular complexity index is 599. The first kappa shape index (κ1) is 14.4. The van der Waals surface area contributed by atoms with Crippen LogP contribution in [0.4, 0.5) is 5.69 Å². The Morgan fingerprint density at radius 3 is 2.57 bits per heavy atom. The highest BCUT2D eigenvalue weighted by Crippen LogP contribution is 2.32. The molecule has 0 bridgehead atoms. The van der Waals surface area contributed by atoms with Crippen LogP contribution in [0.3, 0.4) is 0 Å². The smallest absolute Gasteiger partial charge is 0.301 e. The van der Waals surface area contributed by atoms with Gasteiger partial charge >= 0.3 is 10.2 Å². The molecule has 1 aromatic rings. The first-order chi connectivity index (χ1) is 10.1. The number of ether oxygens (including phenoxy) is 2. The summed E-state index contributed by atoms with van der Waals surface area (Å²) < 4.78 is 39.7. The van der Waals surface area contributed by atoms with Gasteiger partial charge in [0.1, 0.15) is 0 Å². The van der Waals surface area contributed by atoms with E-state index in [2.05, 4.69) is 10.0 Å². The molecular weight excluding hydrogens is 294 g/mol. The van der Waals surface area contributed by atoms with Crippen LogP contribution >= 0.6 is 0 Å². The zero-order chi connectivity index (χ0) is 14.7. The molecule has 0 aliphatic carbocycles. The van der Waals surface area contributed by atoms with Gasteiger partial charge in [0.15, 0.2) is 11.5 Å². The highest BCUT2D eigenvalue weighted by Gasteiger charge is 2.24. The van der Waals surface area contributed by atoms with Gasteiger partial charge in [0.25, 0.3) is 0 Å². The Kier molecular flexibility index (Phi) is 4.18. The van der Waals surface area contributed by atoms with Gasteiger partial charge in [-0.25, -0.2) is 0 Å². The van der Waals surface area contributed by atoms with Crippen LogP contribution in [0.25, 0.3) is 0 Å². The number of anilines is 1. The zero-order valence-corrected chi connectivity index (χ0v) is 12.5. The summed E-state index contributed by atoms with van der Waals surface area (Å²) in [5, 5.41) is 3.13. The Labute approximate surface area is 124 Å². The molecule has 2 aliphatic heterocycles. The lowest BCUT2D eigenvalue weighted by atomic mass is 10.3. The molecule has 3 rings (SSSR count). The first-order valence-electron chi connectivity index (χ1n) is 7.03. The van der Waals surface area contributed by atoms with Crippen LogP contribution in [0.2, 0.25) is 0 Å². The molecule has 0 spiro atoms. The number of fused-ring (bicyclic) bond motifs is 1. The third-order valence-electron chi connectivity index (χ3n) is 3.41. The summed E-state index contributed by atoms with van der Waals surface area (Å²) in [7, 11) is -3.53. The van der Waals surface area contributed by atoms with Crippen LogP contribution < -0.4 is 19.5 Å². The molecule has 21 heavy (non-hydrogen) atoms. The van der Waals surface area contributed by atoms with Crippen molar-refractivity contribution >= 4 is 15.9 Å². The van der Waals surface area contributed by atoms with Crippen molar-refractivity contribution in [2.45, 2.75) is 6.42 Å². The minimum absolute atomic E-state index is 0.472. The van der Waals surface area contributed by atoms with E-state index in [1.807, 2.05) is 0 Å². The molecule has 2 heterocycles. The molecular formula is C13H19N3O4S. The van der Waals surface area contributed by atoms with Crippen molar-refractivity contribution in [2.75, 3.05) is 44.1 Å². The predicted molar refractivity (Wildman–Crippen MR) is 79.0 cm³/mol. The number of rotatable bonds is 3. The number of nitrogens with one attached hydrogen (secondary N) is 2. The monoisotopic (exact) mass is 313 g/mol. The highest BCUT2D eigenvalue weighted by molar-refractivity contribution is 7.90. The molecule has 8 heteroatoms. The molecule has 7 nitrogen and oxygen atoms in total. The summed E-state index contributed by atoms with van der Waals surface area (Å²) in [6, 6.07) is 5.09. The Hall–Kier alpha value is -1.51. The molecule has 0 saturated carbocycles. The number of benzene rings is 1. The van der Waals surface area contributed by atoms with E-state index in [0.29, 0.717) is 56.6 Å². The highest BCUT2D eigenvalue weighted by atomic mass is 32.2. The van der Waals surface area contributed by atoms with Gasteiger partial charge in [0, 0.05) is 38.7 Å². The quantitative estimate of drug-likeness (QED) is 0.845.